The summed E-state index contributed by atoms with van der Waals surface area (Å²) in [6, 6.07) is 10.7. The van der Waals surface area contributed by atoms with Crippen molar-refractivity contribution >= 4 is 35.4 Å². The van der Waals surface area contributed by atoms with Gasteiger partial charge in [-0.25, -0.2) is 9.59 Å². The Morgan fingerprint density at radius 2 is 1.52 bits per heavy atom. The third-order valence-corrected chi connectivity index (χ3v) is 5.61. The number of benzene rings is 2. The third kappa shape index (κ3) is 9.32. The van der Waals surface area contributed by atoms with Gasteiger partial charge >= 0.3 is 12.2 Å². The van der Waals surface area contributed by atoms with E-state index in [1.165, 1.54) is 60.5 Å². The molecule has 0 aliphatic carbocycles. The summed E-state index contributed by atoms with van der Waals surface area (Å²) in [6.07, 6.45) is -1.35. The molecular weight excluding hydrogens is 530 g/mol. The molecule has 1 atom stereocenters. The standard InChI is InChI=1S/C24H27N7O9/c1-29(13-21(32)26-18-10-11-25-12-18)22(27-23(33)39-14-16-2-6-19(7-3-16)30(35)36)28-24(34)40-15-17-4-8-20(9-5-17)31(37)38/h2-9,18,25H,10-15H2,1H3,(H,26,32)(H,27,28,33,34)/t18-/m0/s1. The van der Waals surface area contributed by atoms with E-state index in [0.29, 0.717) is 17.7 Å². The molecule has 1 saturated heterocycles. The van der Waals surface area contributed by atoms with Gasteiger partial charge in [-0.1, -0.05) is 0 Å². The number of hydrogen-bond acceptors (Lipinski definition) is 10. The van der Waals surface area contributed by atoms with E-state index in [-0.39, 0.29) is 49.0 Å². The fourth-order valence-corrected chi connectivity index (χ4v) is 3.52. The average molecular weight is 558 g/mol. The first kappa shape index (κ1) is 29.4. The highest BCUT2D eigenvalue weighted by molar-refractivity contribution is 6.00. The highest BCUT2D eigenvalue weighted by Gasteiger charge is 2.21. The summed E-state index contributed by atoms with van der Waals surface area (Å²) in [4.78, 5) is 62.8. The van der Waals surface area contributed by atoms with Crippen molar-refractivity contribution in [2.24, 2.45) is 4.99 Å². The first-order chi connectivity index (χ1) is 19.1. The largest absolute Gasteiger partial charge is 0.444 e. The van der Waals surface area contributed by atoms with Crippen molar-refractivity contribution in [1.82, 2.24) is 20.9 Å². The zero-order valence-corrected chi connectivity index (χ0v) is 21.4. The molecule has 1 aliphatic rings. The number of ether oxygens (including phenoxy) is 2. The summed E-state index contributed by atoms with van der Waals surface area (Å²) in [5, 5.41) is 29.8. The Balaban J connectivity index is 1.63. The minimum atomic E-state index is -1.10. The number of guanidine groups is 1. The van der Waals surface area contributed by atoms with Crippen LogP contribution >= 0.6 is 0 Å². The molecule has 1 heterocycles. The van der Waals surface area contributed by atoms with Crippen molar-refractivity contribution < 1.29 is 33.7 Å². The van der Waals surface area contributed by atoms with Crippen LogP contribution in [0.4, 0.5) is 21.0 Å². The molecule has 0 saturated carbocycles. The second kappa shape index (κ2) is 14.1. The predicted molar refractivity (Wildman–Crippen MR) is 139 cm³/mol. The second-order valence-electron chi connectivity index (χ2n) is 8.65. The van der Waals surface area contributed by atoms with E-state index in [4.69, 9.17) is 9.47 Å². The van der Waals surface area contributed by atoms with Gasteiger partial charge in [-0.3, -0.25) is 30.3 Å². The highest BCUT2D eigenvalue weighted by atomic mass is 16.6. The van der Waals surface area contributed by atoms with Gasteiger partial charge in [0, 0.05) is 43.9 Å². The van der Waals surface area contributed by atoms with Crippen molar-refractivity contribution in [1.29, 1.82) is 0 Å². The van der Waals surface area contributed by atoms with Crippen LogP contribution in [0.3, 0.4) is 0 Å². The summed E-state index contributed by atoms with van der Waals surface area (Å²) >= 11 is 0. The molecule has 16 nitrogen and oxygen atoms in total. The van der Waals surface area contributed by atoms with E-state index >= 15 is 0 Å². The zero-order chi connectivity index (χ0) is 29.1. The molecule has 0 bridgehead atoms. The number of nitro groups is 2. The number of nitrogens with zero attached hydrogens (tertiary/aromatic N) is 4. The first-order valence-corrected chi connectivity index (χ1v) is 12.0. The highest BCUT2D eigenvalue weighted by Crippen LogP contribution is 2.14. The Bertz CT molecular complexity index is 1260. The van der Waals surface area contributed by atoms with Gasteiger partial charge in [-0.15, -0.1) is 4.99 Å². The minimum absolute atomic E-state index is 0.0485. The number of nitro benzene ring substituents is 2. The van der Waals surface area contributed by atoms with Crippen LogP contribution in [0.1, 0.15) is 17.5 Å². The van der Waals surface area contributed by atoms with Gasteiger partial charge in [0.25, 0.3) is 11.4 Å². The smallest absolute Gasteiger partial charge is 0.437 e. The molecule has 1 fully saturated rings. The van der Waals surface area contributed by atoms with Crippen molar-refractivity contribution in [3.63, 3.8) is 0 Å². The lowest BCUT2D eigenvalue weighted by atomic mass is 10.2. The topological polar surface area (TPSA) is 208 Å². The van der Waals surface area contributed by atoms with Crippen LogP contribution in [0, 0.1) is 20.2 Å². The molecule has 16 heteroatoms. The van der Waals surface area contributed by atoms with Crippen LogP contribution in [-0.2, 0) is 27.5 Å². The van der Waals surface area contributed by atoms with Crippen LogP contribution in [-0.4, -0.2) is 71.5 Å². The zero-order valence-electron chi connectivity index (χ0n) is 21.4. The Hall–Kier alpha value is -5.12. The average Bonchev–Trinajstić information content (AvgIpc) is 3.43. The predicted octanol–water partition coefficient (Wildman–Crippen LogP) is 1.83. The summed E-state index contributed by atoms with van der Waals surface area (Å²) in [7, 11) is 1.42. The van der Waals surface area contributed by atoms with Gasteiger partial charge in [-0.2, -0.15) is 0 Å². The quantitative estimate of drug-likeness (QED) is 0.175. The van der Waals surface area contributed by atoms with Gasteiger partial charge in [0.1, 0.15) is 13.2 Å². The van der Waals surface area contributed by atoms with Crippen molar-refractivity contribution in [3.8, 4) is 0 Å². The van der Waals surface area contributed by atoms with Gasteiger partial charge in [-0.05, 0) is 48.4 Å². The van der Waals surface area contributed by atoms with Gasteiger partial charge < -0.3 is 25.0 Å². The molecule has 2 aromatic rings. The summed E-state index contributed by atoms with van der Waals surface area (Å²) < 4.78 is 10.2. The molecule has 40 heavy (non-hydrogen) atoms. The lowest BCUT2D eigenvalue weighted by molar-refractivity contribution is -0.385. The lowest BCUT2D eigenvalue weighted by Gasteiger charge is -2.21. The molecule has 3 rings (SSSR count). The third-order valence-electron chi connectivity index (χ3n) is 5.61. The molecule has 212 valence electrons. The summed E-state index contributed by atoms with van der Waals surface area (Å²) in [5.41, 5.74) is 0.687. The number of carbonyl (C=O) groups excluding carboxylic acids is 3. The number of alkyl carbamates (subject to hydrolysis) is 1. The Labute approximate surface area is 227 Å². The normalized spacial score (nSPS) is 14.6. The van der Waals surface area contributed by atoms with E-state index < -0.39 is 22.0 Å². The Morgan fingerprint density at radius 3 is 2.02 bits per heavy atom. The van der Waals surface area contributed by atoms with Crippen molar-refractivity contribution in [2.45, 2.75) is 25.7 Å². The van der Waals surface area contributed by atoms with Crippen LogP contribution < -0.4 is 16.0 Å². The Morgan fingerprint density at radius 1 is 0.975 bits per heavy atom. The minimum Gasteiger partial charge on any atom is -0.444 e. The molecule has 3 N–H and O–H groups in total. The maximum absolute atomic E-state index is 12.5. The Kier molecular flexibility index (Phi) is 10.4. The van der Waals surface area contributed by atoms with Crippen LogP contribution in [0.2, 0.25) is 0 Å². The summed E-state index contributed by atoms with van der Waals surface area (Å²) in [6.45, 7) is 0.653. The summed E-state index contributed by atoms with van der Waals surface area (Å²) in [5.74, 6) is -0.703. The van der Waals surface area contributed by atoms with Crippen molar-refractivity contribution in [3.05, 3.63) is 79.9 Å². The number of hydrogen-bond donors (Lipinski definition) is 3. The van der Waals surface area contributed by atoms with Gasteiger partial charge in [0.15, 0.2) is 0 Å². The van der Waals surface area contributed by atoms with E-state index in [2.05, 4.69) is 20.9 Å². The van der Waals surface area contributed by atoms with Crippen LogP contribution in [0.5, 0.6) is 0 Å². The maximum Gasteiger partial charge on any atom is 0.437 e. The van der Waals surface area contributed by atoms with Crippen molar-refractivity contribution in [2.75, 3.05) is 26.7 Å². The fourth-order valence-electron chi connectivity index (χ4n) is 3.52. The lowest BCUT2D eigenvalue weighted by Crippen LogP contribution is -2.48. The number of carbonyl (C=O) groups is 3. The molecule has 0 unspecified atom stereocenters. The molecule has 0 radical (unpaired) electrons. The molecule has 1 aliphatic heterocycles. The van der Waals surface area contributed by atoms with Gasteiger partial charge in [0.2, 0.25) is 11.9 Å². The molecule has 2 aromatic carbocycles. The first-order valence-electron chi connectivity index (χ1n) is 12.0. The van der Waals surface area contributed by atoms with E-state index in [9.17, 15) is 34.6 Å². The van der Waals surface area contributed by atoms with Gasteiger partial charge in [0.05, 0.1) is 16.4 Å². The number of rotatable bonds is 9. The molecule has 0 spiro atoms. The number of likely N-dealkylation sites (N-methyl/N-ethyl adjacent to an activating group) is 1. The van der Waals surface area contributed by atoms with Crippen LogP contribution in [0.25, 0.3) is 0 Å². The maximum atomic E-state index is 12.5. The number of nitrogens with one attached hydrogen (secondary N) is 3. The SMILES string of the molecule is CN(CC(=O)N[C@H]1CCNC1)/C(=N/C(=O)OCc1ccc([N+](=O)[O-])cc1)NC(=O)OCc1ccc([N+](=O)[O-])cc1. The fraction of sp³-hybridized carbons (Fsp3) is 0.333. The van der Waals surface area contributed by atoms with Crippen LogP contribution in [0.15, 0.2) is 53.5 Å². The number of aliphatic imine (C=N–C) groups is 1. The molecule has 0 aromatic heterocycles. The van der Waals surface area contributed by atoms with E-state index in [0.717, 1.165) is 13.0 Å². The molecular formula is C24H27N7O9. The monoisotopic (exact) mass is 557 g/mol. The second-order valence-corrected chi connectivity index (χ2v) is 8.65. The van der Waals surface area contributed by atoms with E-state index in [1.807, 2.05) is 0 Å². The van der Waals surface area contributed by atoms with E-state index in [1.54, 1.807) is 0 Å². The number of non-ortho nitro benzene ring substituents is 2. The molecule has 3 amide bonds. The number of amides is 3.